The maximum Gasteiger partial charge on any atom is 0.294 e. The van der Waals surface area contributed by atoms with E-state index in [-0.39, 0.29) is 22.6 Å². The predicted molar refractivity (Wildman–Crippen MR) is 276 cm³/mol. The maximum absolute atomic E-state index is 13.8. The lowest BCUT2D eigenvalue weighted by molar-refractivity contribution is -0.133. The Morgan fingerprint density at radius 3 is 1.69 bits per heavy atom. The SMILES string of the molecule is CN1C(=O)C(N)N=C(c2ccccc2)c2ccccc21.CN1C(=O)C(NC(=O)[C@H](CC2CCCC2)[C@@H](O)CCc2ccccc2)N=C(c2ccccc2)c2ccccc21.Cc1ccc(S(=O)(=O)O)cc1. The molecule has 2 heterocycles. The van der Waals surface area contributed by atoms with Crippen molar-refractivity contribution in [3.63, 3.8) is 0 Å². The number of aryl methyl sites for hydroxylation is 2. The minimum Gasteiger partial charge on any atom is -0.392 e. The number of nitrogens with zero attached hydrogens (tertiary/aromatic N) is 4. The van der Waals surface area contributed by atoms with E-state index in [1.54, 1.807) is 36.0 Å². The van der Waals surface area contributed by atoms with Gasteiger partial charge in [-0.05, 0) is 61.9 Å². The number of anilines is 2. The quantitative estimate of drug-likeness (QED) is 0.0934. The number of benzene rings is 6. The molecule has 362 valence electrons. The summed E-state index contributed by atoms with van der Waals surface area (Å²) in [4.78, 5) is 51.9. The van der Waals surface area contributed by atoms with Gasteiger partial charge in [-0.2, -0.15) is 8.42 Å². The molecule has 0 spiro atoms. The Morgan fingerprint density at radius 1 is 0.686 bits per heavy atom. The van der Waals surface area contributed by atoms with Crippen molar-refractivity contribution in [3.8, 4) is 0 Å². The molecule has 6 aromatic carbocycles. The third-order valence-electron chi connectivity index (χ3n) is 12.8. The lowest BCUT2D eigenvalue weighted by Crippen LogP contribution is -2.49. The Kier molecular flexibility index (Phi) is 17.0. The number of amides is 3. The number of fused-ring (bicyclic) bond motifs is 2. The van der Waals surface area contributed by atoms with Crippen LogP contribution in [0.5, 0.6) is 0 Å². The smallest absolute Gasteiger partial charge is 0.294 e. The van der Waals surface area contributed by atoms with Crippen LogP contribution in [0, 0.1) is 18.8 Å². The molecule has 14 heteroatoms. The Hall–Kier alpha value is -7.10. The molecule has 3 aliphatic rings. The van der Waals surface area contributed by atoms with Crippen molar-refractivity contribution in [1.29, 1.82) is 0 Å². The average Bonchev–Trinajstić information content (AvgIpc) is 3.85. The third-order valence-corrected chi connectivity index (χ3v) is 13.7. The Bertz CT molecular complexity index is 2910. The van der Waals surface area contributed by atoms with Crippen LogP contribution < -0.4 is 20.9 Å². The molecular formula is C56H60N6O7S. The van der Waals surface area contributed by atoms with Crippen LogP contribution in [0.4, 0.5) is 11.4 Å². The summed E-state index contributed by atoms with van der Waals surface area (Å²) < 4.78 is 29.6. The molecule has 1 aliphatic carbocycles. The fourth-order valence-electron chi connectivity index (χ4n) is 8.97. The van der Waals surface area contributed by atoms with Crippen LogP contribution in [0.15, 0.2) is 179 Å². The number of likely N-dealkylation sites (N-methyl/N-ethyl adjacent to an activating group) is 2. The van der Waals surface area contributed by atoms with Crippen molar-refractivity contribution in [2.24, 2.45) is 27.6 Å². The highest BCUT2D eigenvalue weighted by atomic mass is 32.2. The van der Waals surface area contributed by atoms with Crippen molar-refractivity contribution in [3.05, 3.63) is 197 Å². The summed E-state index contributed by atoms with van der Waals surface area (Å²) in [6, 6.07) is 50.9. The van der Waals surface area contributed by atoms with Crippen molar-refractivity contribution in [1.82, 2.24) is 5.32 Å². The Morgan fingerprint density at radius 2 is 1.16 bits per heavy atom. The Balaban J connectivity index is 0.000000191. The summed E-state index contributed by atoms with van der Waals surface area (Å²) in [7, 11) is -0.576. The molecule has 2 aliphatic heterocycles. The molecule has 5 N–H and O–H groups in total. The fraction of sp³-hybridized carbons (Fsp3) is 0.268. The summed E-state index contributed by atoms with van der Waals surface area (Å²) in [6.07, 6.45) is 3.50. The van der Waals surface area contributed by atoms with Gasteiger partial charge in [0.25, 0.3) is 21.9 Å². The number of aliphatic imine (C=N–C) groups is 2. The number of nitrogens with two attached hydrogens (primary N) is 1. The van der Waals surface area contributed by atoms with Gasteiger partial charge in [0.2, 0.25) is 12.1 Å². The largest absolute Gasteiger partial charge is 0.392 e. The van der Waals surface area contributed by atoms with Gasteiger partial charge in [-0.25, -0.2) is 4.99 Å². The number of benzodiazepines with no additional fused rings is 2. The zero-order valence-electron chi connectivity index (χ0n) is 39.6. The van der Waals surface area contributed by atoms with Gasteiger partial charge in [0, 0.05) is 36.3 Å². The van der Waals surface area contributed by atoms with Crippen molar-refractivity contribution in [2.45, 2.75) is 75.2 Å². The molecular weight excluding hydrogens is 901 g/mol. The van der Waals surface area contributed by atoms with Gasteiger partial charge in [0.1, 0.15) is 0 Å². The number of hydrogen-bond donors (Lipinski definition) is 4. The van der Waals surface area contributed by atoms with Gasteiger partial charge in [-0.3, -0.25) is 23.9 Å². The van der Waals surface area contributed by atoms with E-state index in [0.717, 1.165) is 76.2 Å². The highest BCUT2D eigenvalue weighted by molar-refractivity contribution is 7.85. The number of rotatable bonds is 11. The molecule has 4 atom stereocenters. The molecule has 1 fully saturated rings. The molecule has 13 nitrogen and oxygen atoms in total. The monoisotopic (exact) mass is 960 g/mol. The van der Waals surface area contributed by atoms with Crippen LogP contribution in [0.2, 0.25) is 0 Å². The third kappa shape index (κ3) is 12.8. The minimum absolute atomic E-state index is 0.0666. The van der Waals surface area contributed by atoms with E-state index in [0.29, 0.717) is 30.9 Å². The number of aliphatic hydroxyl groups is 1. The van der Waals surface area contributed by atoms with E-state index < -0.39 is 34.5 Å². The van der Waals surface area contributed by atoms with E-state index >= 15 is 0 Å². The standard InChI is InChI=1S/C33H37N3O3.C16H15N3O.C7H8O3S/c1-36-28-19-11-10-18-26(28)30(25-16-6-3-7-17-25)34-31(33(36)39)35-32(38)27(22-24-14-8-9-15-24)29(37)21-20-23-12-4-2-5-13-23;1-19-13-10-6-5-9-12(13)14(18-15(17)16(19)20)11-7-3-2-4-8-11;1-6-2-4-7(5-3-6)11(8,9)10/h2-7,10-13,16-19,24,27,29,31,37H,8-9,14-15,20-22H2,1H3,(H,35,38);2-10,15H,17H2,1H3;2-5H,1H3,(H,8,9,10)/t27-,29+,31?;;/m1../s1. The van der Waals surface area contributed by atoms with Crippen LogP contribution in [-0.2, 0) is 30.9 Å². The topological polar surface area (TPSA) is 195 Å². The van der Waals surface area contributed by atoms with Gasteiger partial charge < -0.3 is 26.0 Å². The average molecular weight is 961 g/mol. The van der Waals surface area contributed by atoms with Crippen LogP contribution in [0.25, 0.3) is 0 Å². The van der Waals surface area contributed by atoms with Crippen LogP contribution in [0.1, 0.15) is 71.9 Å². The number of carbonyl (C=O) groups excluding carboxylic acids is 3. The van der Waals surface area contributed by atoms with E-state index in [1.807, 2.05) is 146 Å². The van der Waals surface area contributed by atoms with E-state index in [1.165, 1.54) is 12.1 Å². The van der Waals surface area contributed by atoms with E-state index in [9.17, 15) is 27.9 Å². The molecule has 1 saturated carbocycles. The zero-order valence-corrected chi connectivity index (χ0v) is 40.5. The fourth-order valence-corrected chi connectivity index (χ4v) is 9.45. The molecule has 0 bridgehead atoms. The first kappa shape index (κ1) is 50.8. The summed E-state index contributed by atoms with van der Waals surface area (Å²) >= 11 is 0. The van der Waals surface area contributed by atoms with Crippen LogP contribution in [0.3, 0.4) is 0 Å². The van der Waals surface area contributed by atoms with E-state index in [4.69, 9.17) is 15.3 Å². The molecule has 0 saturated heterocycles. The first-order chi connectivity index (χ1) is 33.7. The highest BCUT2D eigenvalue weighted by Gasteiger charge is 2.36. The second-order valence-electron chi connectivity index (χ2n) is 17.7. The molecule has 2 unspecified atom stereocenters. The van der Waals surface area contributed by atoms with E-state index in [2.05, 4.69) is 10.3 Å². The van der Waals surface area contributed by atoms with Gasteiger partial charge in [-0.15, -0.1) is 0 Å². The van der Waals surface area contributed by atoms with Crippen molar-refractivity contribution in [2.75, 3.05) is 23.9 Å². The second kappa shape index (κ2) is 23.5. The molecule has 70 heavy (non-hydrogen) atoms. The number of nitrogens with one attached hydrogen (secondary N) is 1. The van der Waals surface area contributed by atoms with Gasteiger partial charge in [0.15, 0.2) is 6.17 Å². The number of para-hydroxylation sites is 2. The summed E-state index contributed by atoms with van der Waals surface area (Å²) in [5, 5.41) is 14.2. The molecule has 0 radical (unpaired) electrons. The molecule has 3 amide bonds. The lowest BCUT2D eigenvalue weighted by atomic mass is 9.86. The molecule has 6 aromatic rings. The van der Waals surface area contributed by atoms with Gasteiger partial charge in [-0.1, -0.05) is 171 Å². The van der Waals surface area contributed by atoms with Crippen molar-refractivity contribution < 1.29 is 32.5 Å². The van der Waals surface area contributed by atoms with Gasteiger partial charge >= 0.3 is 0 Å². The molecule has 9 rings (SSSR count). The zero-order chi connectivity index (χ0) is 49.8. The number of carbonyl (C=O) groups is 3. The second-order valence-corrected chi connectivity index (χ2v) is 19.2. The van der Waals surface area contributed by atoms with Gasteiger partial charge in [0.05, 0.1) is 39.7 Å². The van der Waals surface area contributed by atoms with Crippen LogP contribution in [-0.4, -0.2) is 79.8 Å². The number of hydrogen-bond acceptors (Lipinski definition) is 9. The minimum atomic E-state index is -4.02. The predicted octanol–water partition coefficient (Wildman–Crippen LogP) is 8.16. The van der Waals surface area contributed by atoms with Crippen LogP contribution >= 0.6 is 0 Å². The first-order valence-corrected chi connectivity index (χ1v) is 25.0. The number of aliphatic hydroxyl groups excluding tert-OH is 1. The Labute approximate surface area is 410 Å². The normalized spacial score (nSPS) is 17.7. The van der Waals surface area contributed by atoms with Crippen molar-refractivity contribution >= 4 is 50.6 Å². The summed E-state index contributed by atoms with van der Waals surface area (Å²) in [5.41, 5.74) is 14.6. The molecule has 0 aromatic heterocycles. The first-order valence-electron chi connectivity index (χ1n) is 23.5. The maximum atomic E-state index is 13.8. The lowest BCUT2D eigenvalue weighted by Gasteiger charge is -2.27. The summed E-state index contributed by atoms with van der Waals surface area (Å²) in [6.45, 7) is 1.84. The highest BCUT2D eigenvalue weighted by Crippen LogP contribution is 2.33. The summed E-state index contributed by atoms with van der Waals surface area (Å²) in [5.74, 6) is -1.01.